The maximum absolute atomic E-state index is 11.3. The molecule has 0 aromatic heterocycles. The largest absolute Gasteiger partial charge is 0.481 e. The highest BCUT2D eigenvalue weighted by molar-refractivity contribution is 5.97. The van der Waals surface area contributed by atoms with E-state index in [1.807, 2.05) is 0 Å². The molecule has 0 bridgehead atoms. The van der Waals surface area contributed by atoms with Crippen molar-refractivity contribution in [2.45, 2.75) is 20.3 Å². The molecule has 0 aliphatic heterocycles. The molecule has 5 nitrogen and oxygen atoms in total. The van der Waals surface area contributed by atoms with Gasteiger partial charge in [-0.2, -0.15) is 0 Å². The third-order valence-corrected chi connectivity index (χ3v) is 2.03. The predicted octanol–water partition coefficient (Wildman–Crippen LogP) is 1.44. The highest BCUT2D eigenvalue weighted by atomic mass is 16.5. The quantitative estimate of drug-likeness (QED) is 0.486. The molecule has 0 aliphatic rings. The molecule has 0 aliphatic carbocycles. The molecule has 1 aromatic rings. The van der Waals surface area contributed by atoms with Crippen LogP contribution in [0.25, 0.3) is 0 Å². The Kier molecular flexibility index (Phi) is 3.98. The van der Waals surface area contributed by atoms with Gasteiger partial charge in [0.15, 0.2) is 5.78 Å². The fourth-order valence-electron chi connectivity index (χ4n) is 1.38. The second kappa shape index (κ2) is 5.25. The van der Waals surface area contributed by atoms with Gasteiger partial charge in [-0.05, 0) is 24.6 Å². The van der Waals surface area contributed by atoms with Crippen molar-refractivity contribution in [3.05, 3.63) is 29.3 Å². The lowest BCUT2D eigenvalue weighted by molar-refractivity contribution is -0.136. The highest BCUT2D eigenvalue weighted by Gasteiger charge is 2.12. The van der Waals surface area contributed by atoms with Crippen LogP contribution in [0, 0.1) is 0 Å². The van der Waals surface area contributed by atoms with Crippen LogP contribution in [0.3, 0.4) is 0 Å². The fraction of sp³-hybridized carbons (Fsp3) is 0.250. The normalized spacial score (nSPS) is 9.76. The molecular formula is C12H12O5. The third-order valence-electron chi connectivity index (χ3n) is 2.03. The lowest BCUT2D eigenvalue weighted by Gasteiger charge is -2.08. The summed E-state index contributed by atoms with van der Waals surface area (Å²) in [5.74, 6) is -1.65. The van der Waals surface area contributed by atoms with Crippen LogP contribution in [-0.2, 0) is 16.0 Å². The van der Waals surface area contributed by atoms with Gasteiger partial charge in [0.05, 0.1) is 12.0 Å². The van der Waals surface area contributed by atoms with E-state index in [0.29, 0.717) is 5.56 Å². The van der Waals surface area contributed by atoms with Gasteiger partial charge in [0, 0.05) is 6.92 Å². The van der Waals surface area contributed by atoms with Crippen molar-refractivity contribution in [3.8, 4) is 5.75 Å². The molecule has 0 unspecified atom stereocenters. The van der Waals surface area contributed by atoms with Crippen LogP contribution in [-0.4, -0.2) is 22.8 Å². The van der Waals surface area contributed by atoms with Crippen LogP contribution in [0.1, 0.15) is 29.8 Å². The zero-order valence-corrected chi connectivity index (χ0v) is 9.52. The monoisotopic (exact) mass is 236 g/mol. The first kappa shape index (κ1) is 12.9. The Morgan fingerprint density at radius 1 is 1.24 bits per heavy atom. The van der Waals surface area contributed by atoms with Crippen molar-refractivity contribution >= 4 is 17.7 Å². The van der Waals surface area contributed by atoms with Crippen LogP contribution in [0.15, 0.2) is 18.2 Å². The number of benzene rings is 1. The van der Waals surface area contributed by atoms with Gasteiger partial charge < -0.3 is 9.84 Å². The number of carboxylic acids is 1. The van der Waals surface area contributed by atoms with Crippen LogP contribution < -0.4 is 4.74 Å². The van der Waals surface area contributed by atoms with E-state index in [-0.39, 0.29) is 23.5 Å². The van der Waals surface area contributed by atoms with Crippen molar-refractivity contribution in [3.63, 3.8) is 0 Å². The summed E-state index contributed by atoms with van der Waals surface area (Å²) in [6, 6.07) is 4.37. The lowest BCUT2D eigenvalue weighted by Crippen LogP contribution is -2.08. The number of hydrogen-bond acceptors (Lipinski definition) is 4. The average molecular weight is 236 g/mol. The molecule has 5 heteroatoms. The second-order valence-corrected chi connectivity index (χ2v) is 3.55. The summed E-state index contributed by atoms with van der Waals surface area (Å²) in [5.41, 5.74) is 0.692. The standard InChI is InChI=1S/C12H12O5/c1-7(13)10-5-9(6-12(15)16)3-4-11(10)17-8(2)14/h3-5H,6H2,1-2H3,(H,15,16). The number of carboxylic acid groups (broad SMARTS) is 1. The maximum atomic E-state index is 11.3. The molecule has 0 spiro atoms. The fourth-order valence-corrected chi connectivity index (χ4v) is 1.38. The zero-order valence-electron chi connectivity index (χ0n) is 9.52. The van der Waals surface area contributed by atoms with E-state index in [0.717, 1.165) is 0 Å². The van der Waals surface area contributed by atoms with Gasteiger partial charge in [-0.1, -0.05) is 6.07 Å². The van der Waals surface area contributed by atoms with Gasteiger partial charge in [-0.3, -0.25) is 14.4 Å². The van der Waals surface area contributed by atoms with Crippen molar-refractivity contribution < 1.29 is 24.2 Å². The van der Waals surface area contributed by atoms with Gasteiger partial charge in [0.25, 0.3) is 0 Å². The second-order valence-electron chi connectivity index (χ2n) is 3.55. The van der Waals surface area contributed by atoms with Crippen molar-refractivity contribution in [1.82, 2.24) is 0 Å². The molecule has 0 saturated heterocycles. The summed E-state index contributed by atoms with van der Waals surface area (Å²) in [5, 5.41) is 8.64. The van der Waals surface area contributed by atoms with E-state index >= 15 is 0 Å². The van der Waals surface area contributed by atoms with E-state index in [4.69, 9.17) is 9.84 Å². The molecule has 90 valence electrons. The van der Waals surface area contributed by atoms with Crippen molar-refractivity contribution in [2.75, 3.05) is 0 Å². The zero-order chi connectivity index (χ0) is 13.0. The molecule has 17 heavy (non-hydrogen) atoms. The van der Waals surface area contributed by atoms with Crippen molar-refractivity contribution in [1.29, 1.82) is 0 Å². The number of ketones is 1. The third kappa shape index (κ3) is 3.71. The first-order valence-electron chi connectivity index (χ1n) is 4.94. The summed E-state index contributed by atoms with van der Waals surface area (Å²) in [6.07, 6.45) is -0.180. The van der Waals surface area contributed by atoms with E-state index in [9.17, 15) is 14.4 Å². The molecule has 0 radical (unpaired) electrons. The molecule has 1 aromatic carbocycles. The van der Waals surface area contributed by atoms with Gasteiger partial charge in [0.2, 0.25) is 0 Å². The Balaban J connectivity index is 3.12. The van der Waals surface area contributed by atoms with Crippen molar-refractivity contribution in [2.24, 2.45) is 0 Å². The first-order valence-corrected chi connectivity index (χ1v) is 4.94. The maximum Gasteiger partial charge on any atom is 0.308 e. The summed E-state index contributed by atoms with van der Waals surface area (Å²) in [4.78, 5) is 32.7. The summed E-state index contributed by atoms with van der Waals surface area (Å²) in [6.45, 7) is 2.56. The van der Waals surface area contributed by atoms with Crippen LogP contribution in [0.5, 0.6) is 5.75 Å². The van der Waals surface area contributed by atoms with Crippen LogP contribution >= 0.6 is 0 Å². The number of Topliss-reactive ketones (excluding diaryl/α,β-unsaturated/α-hetero) is 1. The van der Waals surface area contributed by atoms with Gasteiger partial charge >= 0.3 is 11.9 Å². The van der Waals surface area contributed by atoms with E-state index in [1.54, 1.807) is 0 Å². The smallest absolute Gasteiger partial charge is 0.308 e. The minimum absolute atomic E-state index is 0.152. The van der Waals surface area contributed by atoms with E-state index < -0.39 is 11.9 Å². The van der Waals surface area contributed by atoms with Crippen LogP contribution in [0.4, 0.5) is 0 Å². The minimum atomic E-state index is -0.986. The lowest BCUT2D eigenvalue weighted by atomic mass is 10.0. The number of rotatable bonds is 4. The van der Waals surface area contributed by atoms with Gasteiger partial charge in [-0.15, -0.1) is 0 Å². The molecule has 0 heterocycles. The van der Waals surface area contributed by atoms with Gasteiger partial charge in [0.1, 0.15) is 5.75 Å². The molecule has 0 amide bonds. The SMILES string of the molecule is CC(=O)Oc1ccc(CC(=O)O)cc1C(C)=O. The summed E-state index contributed by atoms with van der Waals surface area (Å²) >= 11 is 0. The Hall–Kier alpha value is -2.17. The summed E-state index contributed by atoms with van der Waals surface area (Å²) < 4.78 is 4.86. The van der Waals surface area contributed by atoms with E-state index in [2.05, 4.69) is 0 Å². The topological polar surface area (TPSA) is 80.7 Å². The van der Waals surface area contributed by atoms with Crippen LogP contribution in [0.2, 0.25) is 0 Å². The highest BCUT2D eigenvalue weighted by Crippen LogP contribution is 2.21. The average Bonchev–Trinajstić information content (AvgIpc) is 2.18. The summed E-state index contributed by atoms with van der Waals surface area (Å²) in [7, 11) is 0. The number of carbonyl (C=O) groups is 3. The predicted molar refractivity (Wildman–Crippen MR) is 59.1 cm³/mol. The number of ether oxygens (including phenoxy) is 1. The molecule has 0 saturated carbocycles. The Morgan fingerprint density at radius 3 is 2.35 bits per heavy atom. The molecule has 1 N–H and O–H groups in total. The minimum Gasteiger partial charge on any atom is -0.481 e. The number of aliphatic carboxylic acids is 1. The van der Waals surface area contributed by atoms with E-state index in [1.165, 1.54) is 32.0 Å². The first-order chi connectivity index (χ1) is 7.90. The Morgan fingerprint density at radius 2 is 1.88 bits per heavy atom. The number of esters is 1. The Labute approximate surface area is 98.0 Å². The molecule has 1 rings (SSSR count). The van der Waals surface area contributed by atoms with Gasteiger partial charge in [-0.25, -0.2) is 0 Å². The molecular weight excluding hydrogens is 224 g/mol. The molecule has 0 fully saturated rings. The Bertz CT molecular complexity index is 476. The molecule has 0 atom stereocenters. The number of carbonyl (C=O) groups excluding carboxylic acids is 2. The number of hydrogen-bond donors (Lipinski definition) is 1.